The molecule has 0 bridgehead atoms. The molecule has 0 aliphatic rings. The quantitative estimate of drug-likeness (QED) is 0.217. The molecule has 4 atom stereocenters. The third kappa shape index (κ3) is 11.2. The minimum atomic E-state index is -0.0985. The average Bonchev–Trinajstić information content (AvgIpc) is 2.69. The van der Waals surface area contributed by atoms with Crippen LogP contribution in [0.2, 0.25) is 0 Å². The second-order valence-corrected chi connectivity index (χ2v) is 10.1. The van der Waals surface area contributed by atoms with Crippen molar-refractivity contribution in [3.63, 3.8) is 0 Å². The molecule has 2 N–H and O–H groups in total. The van der Waals surface area contributed by atoms with Gasteiger partial charge in [-0.25, -0.2) is 0 Å². The van der Waals surface area contributed by atoms with E-state index in [2.05, 4.69) is 41.5 Å². The van der Waals surface area contributed by atoms with Crippen LogP contribution in [-0.4, -0.2) is 22.9 Å². The van der Waals surface area contributed by atoms with E-state index in [9.17, 15) is 10.2 Å². The summed E-state index contributed by atoms with van der Waals surface area (Å²) in [7, 11) is 0. The predicted octanol–water partition coefficient (Wildman–Crippen LogP) is 7.90. The summed E-state index contributed by atoms with van der Waals surface area (Å²) < 4.78 is 0. The fraction of sp³-hybridized carbons (Fsp3) is 1.00. The lowest BCUT2D eigenvalue weighted by Gasteiger charge is -2.38. The van der Waals surface area contributed by atoms with Crippen LogP contribution in [0, 0.1) is 16.7 Å². The molecule has 0 saturated heterocycles. The van der Waals surface area contributed by atoms with Gasteiger partial charge < -0.3 is 10.2 Å². The highest BCUT2D eigenvalue weighted by molar-refractivity contribution is 4.82. The second kappa shape index (κ2) is 15.7. The van der Waals surface area contributed by atoms with Crippen LogP contribution in [0.25, 0.3) is 0 Å². The zero-order valence-electron chi connectivity index (χ0n) is 20.4. The van der Waals surface area contributed by atoms with Crippen LogP contribution < -0.4 is 0 Å². The Balaban J connectivity index is 4.47. The highest BCUT2D eigenvalue weighted by Crippen LogP contribution is 2.42. The Kier molecular flexibility index (Phi) is 15.7. The highest BCUT2D eigenvalue weighted by atomic mass is 16.3. The van der Waals surface area contributed by atoms with Crippen LogP contribution in [0.4, 0.5) is 0 Å². The number of unbranched alkanes of at least 4 members (excludes halogenated alkanes) is 3. The van der Waals surface area contributed by atoms with E-state index in [1.165, 1.54) is 77.0 Å². The SMILES string of the molecule is CCCCC(C)(CCO)CCCCC(C)(CC)C(CC)CCCCC(O)CC. The summed E-state index contributed by atoms with van der Waals surface area (Å²) in [5.74, 6) is 0.806. The monoisotopic (exact) mass is 398 g/mol. The summed E-state index contributed by atoms with van der Waals surface area (Å²) in [6.07, 6.45) is 18.0. The number of hydrogen-bond acceptors (Lipinski definition) is 2. The molecule has 0 aliphatic heterocycles. The van der Waals surface area contributed by atoms with Crippen molar-refractivity contribution in [2.24, 2.45) is 16.7 Å². The summed E-state index contributed by atoms with van der Waals surface area (Å²) in [5.41, 5.74) is 0.784. The number of hydrogen-bond donors (Lipinski definition) is 2. The molecule has 0 heterocycles. The van der Waals surface area contributed by atoms with Crippen LogP contribution in [0.15, 0.2) is 0 Å². The maximum Gasteiger partial charge on any atom is 0.0537 e. The Labute approximate surface area is 177 Å². The van der Waals surface area contributed by atoms with E-state index < -0.39 is 0 Å². The molecule has 0 spiro atoms. The summed E-state index contributed by atoms with van der Waals surface area (Å²) >= 11 is 0. The largest absolute Gasteiger partial charge is 0.396 e. The van der Waals surface area contributed by atoms with E-state index in [0.717, 1.165) is 25.2 Å². The van der Waals surface area contributed by atoms with Gasteiger partial charge in [0, 0.05) is 6.61 Å². The van der Waals surface area contributed by atoms with E-state index in [1.54, 1.807) is 0 Å². The Morgan fingerprint density at radius 2 is 1.32 bits per heavy atom. The summed E-state index contributed by atoms with van der Waals surface area (Å²) in [6.45, 7) is 14.3. The van der Waals surface area contributed by atoms with E-state index in [-0.39, 0.29) is 6.10 Å². The number of rotatable bonds is 19. The molecule has 0 radical (unpaired) electrons. The number of aliphatic hydroxyl groups excluding tert-OH is 2. The molecule has 0 aliphatic carbocycles. The third-order valence-electron chi connectivity index (χ3n) is 7.72. The van der Waals surface area contributed by atoms with Crippen molar-refractivity contribution in [3.05, 3.63) is 0 Å². The molecular formula is C26H54O2. The summed E-state index contributed by atoms with van der Waals surface area (Å²) in [4.78, 5) is 0. The molecule has 2 heteroatoms. The van der Waals surface area contributed by atoms with E-state index in [4.69, 9.17) is 0 Å². The topological polar surface area (TPSA) is 40.5 Å². The molecule has 28 heavy (non-hydrogen) atoms. The van der Waals surface area contributed by atoms with E-state index >= 15 is 0 Å². The van der Waals surface area contributed by atoms with Crippen LogP contribution >= 0.6 is 0 Å². The van der Waals surface area contributed by atoms with Crippen molar-refractivity contribution >= 4 is 0 Å². The van der Waals surface area contributed by atoms with Crippen molar-refractivity contribution < 1.29 is 10.2 Å². The molecule has 0 amide bonds. The molecule has 0 aromatic carbocycles. The fourth-order valence-electron chi connectivity index (χ4n) is 5.02. The van der Waals surface area contributed by atoms with Gasteiger partial charge in [0.15, 0.2) is 0 Å². The molecule has 0 rings (SSSR count). The Hall–Kier alpha value is -0.0800. The molecule has 0 fully saturated rings. The van der Waals surface area contributed by atoms with Crippen molar-refractivity contribution in [2.45, 2.75) is 144 Å². The van der Waals surface area contributed by atoms with Crippen LogP contribution in [0.1, 0.15) is 138 Å². The van der Waals surface area contributed by atoms with Crippen molar-refractivity contribution in [3.8, 4) is 0 Å². The minimum absolute atomic E-state index is 0.0985. The summed E-state index contributed by atoms with van der Waals surface area (Å²) in [6, 6.07) is 0. The first-order valence-electron chi connectivity index (χ1n) is 12.6. The molecular weight excluding hydrogens is 344 g/mol. The molecule has 4 unspecified atom stereocenters. The first-order chi connectivity index (χ1) is 13.3. The van der Waals surface area contributed by atoms with Gasteiger partial charge in [0.1, 0.15) is 0 Å². The molecule has 0 aromatic rings. The van der Waals surface area contributed by atoms with Gasteiger partial charge in [-0.1, -0.05) is 92.9 Å². The zero-order chi connectivity index (χ0) is 21.5. The summed E-state index contributed by atoms with van der Waals surface area (Å²) in [5, 5.41) is 19.2. The predicted molar refractivity (Wildman–Crippen MR) is 125 cm³/mol. The lowest BCUT2D eigenvalue weighted by Crippen LogP contribution is -2.27. The Bertz CT molecular complexity index is 356. The molecule has 0 saturated carbocycles. The van der Waals surface area contributed by atoms with Gasteiger partial charge in [0.05, 0.1) is 6.10 Å². The maximum absolute atomic E-state index is 9.77. The third-order valence-corrected chi connectivity index (χ3v) is 7.72. The van der Waals surface area contributed by atoms with Gasteiger partial charge in [-0.3, -0.25) is 0 Å². The standard InChI is InChI=1S/C26H54O2/c1-7-11-18-25(5,21-22-27)19-14-15-20-26(6,10-4)23(8-2)16-12-13-17-24(28)9-3/h23-24,27-28H,7-22H2,1-6H3. The fourth-order valence-corrected chi connectivity index (χ4v) is 5.02. The lowest BCUT2D eigenvalue weighted by molar-refractivity contribution is 0.124. The van der Waals surface area contributed by atoms with Gasteiger partial charge in [0.25, 0.3) is 0 Å². The normalized spacial score (nSPS) is 18.4. The first-order valence-corrected chi connectivity index (χ1v) is 12.6. The average molecular weight is 399 g/mol. The van der Waals surface area contributed by atoms with Gasteiger partial charge in [-0.2, -0.15) is 0 Å². The van der Waals surface area contributed by atoms with Crippen LogP contribution in [-0.2, 0) is 0 Å². The van der Waals surface area contributed by atoms with Crippen molar-refractivity contribution in [2.75, 3.05) is 6.61 Å². The molecule has 2 nitrogen and oxygen atoms in total. The number of aliphatic hydroxyl groups is 2. The van der Waals surface area contributed by atoms with Crippen LogP contribution in [0.3, 0.4) is 0 Å². The van der Waals surface area contributed by atoms with Gasteiger partial charge >= 0.3 is 0 Å². The zero-order valence-corrected chi connectivity index (χ0v) is 20.4. The van der Waals surface area contributed by atoms with Crippen LogP contribution in [0.5, 0.6) is 0 Å². The van der Waals surface area contributed by atoms with E-state index in [1.807, 2.05) is 0 Å². The first kappa shape index (κ1) is 27.9. The lowest BCUT2D eigenvalue weighted by atomic mass is 9.68. The smallest absolute Gasteiger partial charge is 0.0537 e. The van der Waals surface area contributed by atoms with Crippen molar-refractivity contribution in [1.82, 2.24) is 0 Å². The maximum atomic E-state index is 9.77. The second-order valence-electron chi connectivity index (χ2n) is 10.1. The minimum Gasteiger partial charge on any atom is -0.396 e. The van der Waals surface area contributed by atoms with Crippen molar-refractivity contribution in [1.29, 1.82) is 0 Å². The van der Waals surface area contributed by atoms with Gasteiger partial charge in [0.2, 0.25) is 0 Å². The Morgan fingerprint density at radius 1 is 0.714 bits per heavy atom. The molecule has 0 aromatic heterocycles. The van der Waals surface area contributed by atoms with E-state index in [0.29, 0.717) is 17.4 Å². The highest BCUT2D eigenvalue weighted by Gasteiger charge is 2.31. The van der Waals surface area contributed by atoms with Gasteiger partial charge in [-0.15, -0.1) is 0 Å². The van der Waals surface area contributed by atoms with Gasteiger partial charge in [-0.05, 0) is 61.7 Å². The molecule has 170 valence electrons. The Morgan fingerprint density at radius 3 is 1.86 bits per heavy atom.